The molecule has 0 bridgehead atoms. The highest BCUT2D eigenvalue weighted by Gasteiger charge is 2.21. The fourth-order valence-corrected chi connectivity index (χ4v) is 1.84. The van der Waals surface area contributed by atoms with Crippen molar-refractivity contribution in [2.45, 2.75) is 0 Å². The average Bonchev–Trinajstić information content (AvgIpc) is 2.47. The van der Waals surface area contributed by atoms with Gasteiger partial charge in [0.15, 0.2) is 0 Å². The second kappa shape index (κ2) is 3.14. The Hall–Kier alpha value is -1.27. The zero-order chi connectivity index (χ0) is 10.2. The fourth-order valence-electron chi connectivity index (χ4n) is 1.10. The molecule has 0 radical (unpaired) electrons. The van der Waals surface area contributed by atoms with Crippen LogP contribution in [0.5, 0.6) is 0 Å². The van der Waals surface area contributed by atoms with E-state index in [1.165, 1.54) is 24.3 Å². The Labute approximate surface area is 80.3 Å². The lowest BCUT2D eigenvalue weighted by Gasteiger charge is -1.96. The Balaban J connectivity index is 2.38. The summed E-state index contributed by atoms with van der Waals surface area (Å²) in [7, 11) is -3.76. The first-order valence-corrected chi connectivity index (χ1v) is 5.17. The van der Waals surface area contributed by atoms with Crippen molar-refractivity contribution in [3.63, 3.8) is 0 Å². The summed E-state index contributed by atoms with van der Waals surface area (Å²) in [5, 5.41) is 0. The van der Waals surface area contributed by atoms with Gasteiger partial charge in [0, 0.05) is 0 Å². The smallest absolute Gasteiger partial charge is 0.246 e. The lowest BCUT2D eigenvalue weighted by Crippen LogP contribution is -2.02. The van der Waals surface area contributed by atoms with E-state index in [0.29, 0.717) is 11.3 Å². The molecular formula is C8H6FNO3S. The maximum absolute atomic E-state index is 12.5. The zero-order valence-corrected chi connectivity index (χ0v) is 7.79. The summed E-state index contributed by atoms with van der Waals surface area (Å²) >= 11 is 0. The molecule has 1 aliphatic rings. The summed E-state index contributed by atoms with van der Waals surface area (Å²) in [4.78, 5) is 0. The third-order valence-corrected chi connectivity index (χ3v) is 2.60. The Morgan fingerprint density at radius 3 is 2.43 bits per heavy atom. The van der Waals surface area contributed by atoms with E-state index in [-0.39, 0.29) is 12.4 Å². The maximum Gasteiger partial charge on any atom is 0.381 e. The van der Waals surface area contributed by atoms with E-state index in [2.05, 4.69) is 8.58 Å². The second-order valence-corrected chi connectivity index (χ2v) is 4.01. The lowest BCUT2D eigenvalue weighted by molar-refractivity contribution is 0.382. The maximum atomic E-state index is 12.5. The molecule has 0 saturated carbocycles. The summed E-state index contributed by atoms with van der Waals surface area (Å²) in [6.45, 7) is -0.0893. The van der Waals surface area contributed by atoms with Crippen LogP contribution in [0.25, 0.3) is 0 Å². The molecule has 74 valence electrons. The fraction of sp³-hybridized carbons (Fsp3) is 0.125. The van der Waals surface area contributed by atoms with Crippen LogP contribution in [0.3, 0.4) is 0 Å². The Morgan fingerprint density at radius 1 is 1.29 bits per heavy atom. The molecule has 4 nitrogen and oxygen atoms in total. The van der Waals surface area contributed by atoms with Gasteiger partial charge in [0.05, 0.1) is 5.71 Å². The molecule has 1 aromatic carbocycles. The van der Waals surface area contributed by atoms with Crippen LogP contribution in [0.1, 0.15) is 5.56 Å². The van der Waals surface area contributed by atoms with E-state index >= 15 is 0 Å². The summed E-state index contributed by atoms with van der Waals surface area (Å²) in [5.74, 6) is -0.379. The SMILES string of the molecule is O=S1(=O)N=C(c2ccc(F)cc2)CO1. The standard InChI is InChI=1S/C8H6FNO3S/c9-7-3-1-6(2-4-7)8-5-13-14(11,12)10-8/h1-4H,5H2. The molecule has 1 heterocycles. The van der Waals surface area contributed by atoms with Crippen molar-refractivity contribution in [1.82, 2.24) is 0 Å². The van der Waals surface area contributed by atoms with Gasteiger partial charge < -0.3 is 0 Å². The van der Waals surface area contributed by atoms with E-state index in [0.717, 1.165) is 0 Å². The molecule has 0 unspecified atom stereocenters. The summed E-state index contributed by atoms with van der Waals surface area (Å²) in [5.41, 5.74) is 0.845. The minimum absolute atomic E-state index is 0.0893. The zero-order valence-electron chi connectivity index (χ0n) is 6.97. The number of hydrogen-bond acceptors (Lipinski definition) is 3. The van der Waals surface area contributed by atoms with Gasteiger partial charge in [0.2, 0.25) is 0 Å². The topological polar surface area (TPSA) is 55.7 Å². The van der Waals surface area contributed by atoms with Gasteiger partial charge in [-0.05, 0) is 17.7 Å². The molecule has 1 aromatic rings. The Kier molecular flexibility index (Phi) is 2.09. The van der Waals surface area contributed by atoms with Gasteiger partial charge in [-0.15, -0.1) is 4.40 Å². The van der Waals surface area contributed by atoms with Crippen LogP contribution in [0.2, 0.25) is 0 Å². The molecular weight excluding hydrogens is 209 g/mol. The van der Waals surface area contributed by atoms with E-state index < -0.39 is 10.3 Å². The number of nitrogens with zero attached hydrogens (tertiary/aromatic N) is 1. The van der Waals surface area contributed by atoms with Crippen LogP contribution < -0.4 is 0 Å². The van der Waals surface area contributed by atoms with Crippen molar-refractivity contribution in [2.24, 2.45) is 4.40 Å². The van der Waals surface area contributed by atoms with Crippen LogP contribution in [-0.2, 0) is 14.5 Å². The van der Waals surface area contributed by atoms with Crippen LogP contribution in [0.4, 0.5) is 4.39 Å². The molecule has 0 fully saturated rings. The van der Waals surface area contributed by atoms with Gasteiger partial charge in [-0.3, -0.25) is 0 Å². The van der Waals surface area contributed by atoms with Gasteiger partial charge in [-0.1, -0.05) is 12.1 Å². The molecule has 0 aromatic heterocycles. The number of hydrogen-bond donors (Lipinski definition) is 0. The van der Waals surface area contributed by atoms with Crippen molar-refractivity contribution in [1.29, 1.82) is 0 Å². The Morgan fingerprint density at radius 2 is 1.93 bits per heavy atom. The quantitative estimate of drug-likeness (QED) is 0.699. The lowest BCUT2D eigenvalue weighted by atomic mass is 10.1. The highest BCUT2D eigenvalue weighted by Crippen LogP contribution is 2.13. The average molecular weight is 215 g/mol. The molecule has 0 aliphatic carbocycles. The number of rotatable bonds is 1. The minimum atomic E-state index is -3.76. The minimum Gasteiger partial charge on any atom is -0.246 e. The third kappa shape index (κ3) is 1.80. The highest BCUT2D eigenvalue weighted by molar-refractivity contribution is 7.85. The van der Waals surface area contributed by atoms with E-state index in [1.807, 2.05) is 0 Å². The molecule has 2 rings (SSSR count). The van der Waals surface area contributed by atoms with E-state index in [1.54, 1.807) is 0 Å². The van der Waals surface area contributed by atoms with Crippen LogP contribution in [0, 0.1) is 5.82 Å². The third-order valence-electron chi connectivity index (χ3n) is 1.74. The van der Waals surface area contributed by atoms with Crippen molar-refractivity contribution in [2.75, 3.05) is 6.61 Å². The first-order valence-electron chi connectivity index (χ1n) is 3.81. The molecule has 1 aliphatic heterocycles. The first kappa shape index (κ1) is 9.29. The molecule has 14 heavy (non-hydrogen) atoms. The number of benzene rings is 1. The predicted octanol–water partition coefficient (Wildman–Crippen LogP) is 0.890. The normalized spacial score (nSPS) is 19.4. The van der Waals surface area contributed by atoms with Gasteiger partial charge in [-0.25, -0.2) is 8.57 Å². The molecule has 0 N–H and O–H groups in total. The summed E-state index contributed by atoms with van der Waals surface area (Å²) < 4.78 is 41.9. The number of halogens is 1. The van der Waals surface area contributed by atoms with Gasteiger partial charge in [0.1, 0.15) is 12.4 Å². The summed E-state index contributed by atoms with van der Waals surface area (Å²) in [6, 6.07) is 5.39. The van der Waals surface area contributed by atoms with Crippen molar-refractivity contribution in [3.05, 3.63) is 35.6 Å². The second-order valence-electron chi connectivity index (χ2n) is 2.73. The van der Waals surface area contributed by atoms with Gasteiger partial charge in [-0.2, -0.15) is 8.42 Å². The highest BCUT2D eigenvalue weighted by atomic mass is 32.2. The largest absolute Gasteiger partial charge is 0.381 e. The molecule has 0 atom stereocenters. The monoisotopic (exact) mass is 215 g/mol. The molecule has 0 spiro atoms. The van der Waals surface area contributed by atoms with Crippen molar-refractivity contribution >= 4 is 16.0 Å². The Bertz CT molecular complexity index is 478. The molecule has 0 saturated heterocycles. The van der Waals surface area contributed by atoms with Gasteiger partial charge >= 0.3 is 10.3 Å². The van der Waals surface area contributed by atoms with Crippen LogP contribution >= 0.6 is 0 Å². The first-order chi connectivity index (χ1) is 6.57. The van der Waals surface area contributed by atoms with E-state index in [4.69, 9.17) is 0 Å². The van der Waals surface area contributed by atoms with Crippen molar-refractivity contribution < 1.29 is 17.0 Å². The van der Waals surface area contributed by atoms with Crippen LogP contribution in [-0.4, -0.2) is 20.7 Å². The van der Waals surface area contributed by atoms with Crippen LogP contribution in [0.15, 0.2) is 28.7 Å². The van der Waals surface area contributed by atoms with Gasteiger partial charge in [0.25, 0.3) is 0 Å². The van der Waals surface area contributed by atoms with E-state index in [9.17, 15) is 12.8 Å². The summed E-state index contributed by atoms with van der Waals surface area (Å²) in [6.07, 6.45) is 0. The molecule has 0 amide bonds. The van der Waals surface area contributed by atoms with Crippen molar-refractivity contribution in [3.8, 4) is 0 Å². The predicted molar refractivity (Wildman–Crippen MR) is 47.8 cm³/mol. The molecule has 6 heteroatoms.